The number of benzene rings is 5. The number of anilines is 2. The number of carboxylic acids is 1. The van der Waals surface area contributed by atoms with Crippen molar-refractivity contribution in [3.05, 3.63) is 149 Å². The van der Waals surface area contributed by atoms with E-state index in [1.165, 1.54) is 0 Å². The SMILES string of the molecule is Nc1ccccc1NC(=O)CCCCCCC(=O)NCc1ccccc1-c1ccc([C@@H]2O[C@H](CSc3ccc(C(=O)O)cc3)C[C@H](c3ccc(CO)cc3)O2)cc1. The Morgan fingerprint density at radius 3 is 2.11 bits per heavy atom. The van der Waals surface area contributed by atoms with Crippen molar-refractivity contribution in [1.82, 2.24) is 5.32 Å². The highest BCUT2D eigenvalue weighted by Crippen LogP contribution is 2.40. The summed E-state index contributed by atoms with van der Waals surface area (Å²) < 4.78 is 13.1. The number of aromatic carboxylic acids is 1. The fourth-order valence-corrected chi connectivity index (χ4v) is 7.63. The third-order valence-electron chi connectivity index (χ3n) is 9.93. The number of hydrogen-bond acceptors (Lipinski definition) is 8. The van der Waals surface area contributed by atoms with E-state index < -0.39 is 12.3 Å². The van der Waals surface area contributed by atoms with Crippen LogP contribution in [0.5, 0.6) is 0 Å². The number of para-hydroxylation sites is 2. The normalized spacial score (nSPS) is 16.5. The maximum atomic E-state index is 12.8. The number of amides is 2. The molecule has 11 heteroatoms. The van der Waals surface area contributed by atoms with E-state index in [-0.39, 0.29) is 36.2 Å². The third-order valence-corrected chi connectivity index (χ3v) is 11.1. The van der Waals surface area contributed by atoms with Gasteiger partial charge in [0.25, 0.3) is 0 Å². The van der Waals surface area contributed by atoms with Crippen LogP contribution in [0.4, 0.5) is 11.4 Å². The molecular weight excluding hydrogens is 739 g/mol. The summed E-state index contributed by atoms with van der Waals surface area (Å²) in [6, 6.07) is 38.0. The van der Waals surface area contributed by atoms with Crippen LogP contribution >= 0.6 is 11.8 Å². The van der Waals surface area contributed by atoms with E-state index in [2.05, 4.69) is 16.7 Å². The average Bonchev–Trinajstić information content (AvgIpc) is 3.24. The van der Waals surface area contributed by atoms with Crippen molar-refractivity contribution in [3.63, 3.8) is 0 Å². The minimum absolute atomic E-state index is 0.00501. The highest BCUT2D eigenvalue weighted by molar-refractivity contribution is 7.99. The molecule has 1 aliphatic rings. The number of hydrogen-bond donors (Lipinski definition) is 5. The van der Waals surface area contributed by atoms with Crippen LogP contribution in [-0.2, 0) is 32.2 Å². The number of carboxylic acid groups (broad SMARTS) is 1. The number of aliphatic hydroxyl groups excluding tert-OH is 1. The van der Waals surface area contributed by atoms with Gasteiger partial charge in [0.2, 0.25) is 11.8 Å². The molecule has 0 bridgehead atoms. The smallest absolute Gasteiger partial charge is 0.335 e. The van der Waals surface area contributed by atoms with E-state index in [1.54, 1.807) is 36.0 Å². The number of carbonyl (C=O) groups excluding carboxylic acids is 2. The van der Waals surface area contributed by atoms with E-state index in [0.29, 0.717) is 42.9 Å². The van der Waals surface area contributed by atoms with E-state index >= 15 is 0 Å². The van der Waals surface area contributed by atoms with Gasteiger partial charge in [-0.05, 0) is 77.1 Å². The summed E-state index contributed by atoms with van der Waals surface area (Å²) in [5, 5.41) is 24.8. The molecule has 6 N–H and O–H groups in total. The zero-order valence-electron chi connectivity index (χ0n) is 31.8. The van der Waals surface area contributed by atoms with Crippen molar-refractivity contribution >= 4 is 40.9 Å². The van der Waals surface area contributed by atoms with E-state index in [0.717, 1.165) is 64.0 Å². The molecule has 1 saturated heterocycles. The molecule has 6 rings (SSSR count). The maximum Gasteiger partial charge on any atom is 0.335 e. The summed E-state index contributed by atoms with van der Waals surface area (Å²) in [6.45, 7) is 0.375. The first-order chi connectivity index (χ1) is 27.7. The van der Waals surface area contributed by atoms with Crippen LogP contribution in [0.25, 0.3) is 11.1 Å². The summed E-state index contributed by atoms with van der Waals surface area (Å²) >= 11 is 1.61. The van der Waals surface area contributed by atoms with Gasteiger partial charge >= 0.3 is 5.97 Å². The molecule has 5 aromatic rings. The quantitative estimate of drug-likeness (QED) is 0.0332. The molecule has 1 aliphatic heterocycles. The van der Waals surface area contributed by atoms with Gasteiger partial charge in [0.1, 0.15) is 0 Å². The molecule has 1 fully saturated rings. The van der Waals surface area contributed by atoms with Crippen LogP contribution in [0.2, 0.25) is 0 Å². The van der Waals surface area contributed by atoms with Crippen molar-refractivity contribution in [2.75, 3.05) is 16.8 Å². The number of aliphatic hydroxyl groups is 1. The number of nitrogen functional groups attached to an aromatic ring is 1. The summed E-state index contributed by atoms with van der Waals surface area (Å²) in [5.74, 6) is -0.370. The third kappa shape index (κ3) is 12.0. The second-order valence-electron chi connectivity index (χ2n) is 14.1. The Hall–Kier alpha value is -5.46. The Bertz CT molecular complexity index is 2090. The highest BCUT2D eigenvalue weighted by atomic mass is 32.2. The summed E-state index contributed by atoms with van der Waals surface area (Å²) in [4.78, 5) is 37.3. The molecule has 57 heavy (non-hydrogen) atoms. The van der Waals surface area contributed by atoms with Gasteiger partial charge < -0.3 is 36.1 Å². The molecule has 0 spiro atoms. The average molecular weight is 788 g/mol. The van der Waals surface area contributed by atoms with Crippen molar-refractivity contribution < 1.29 is 34.1 Å². The first-order valence-corrected chi connectivity index (χ1v) is 20.3. The molecule has 0 unspecified atom stereocenters. The Morgan fingerprint density at radius 1 is 0.737 bits per heavy atom. The van der Waals surface area contributed by atoms with Crippen molar-refractivity contribution in [2.45, 2.75) is 81.5 Å². The number of rotatable bonds is 18. The van der Waals surface area contributed by atoms with E-state index in [1.807, 2.05) is 91.0 Å². The minimum atomic E-state index is -0.955. The topological polar surface area (TPSA) is 160 Å². The zero-order chi connectivity index (χ0) is 40.0. The van der Waals surface area contributed by atoms with E-state index in [4.69, 9.17) is 15.2 Å². The summed E-state index contributed by atoms with van der Waals surface area (Å²) in [7, 11) is 0. The van der Waals surface area contributed by atoms with Crippen LogP contribution < -0.4 is 16.4 Å². The first-order valence-electron chi connectivity index (χ1n) is 19.3. The van der Waals surface area contributed by atoms with Gasteiger partial charge in [0.05, 0.1) is 35.8 Å². The molecule has 10 nitrogen and oxygen atoms in total. The number of thioether (sulfide) groups is 1. The van der Waals surface area contributed by atoms with Gasteiger partial charge in [-0.1, -0.05) is 97.8 Å². The zero-order valence-corrected chi connectivity index (χ0v) is 32.6. The second-order valence-corrected chi connectivity index (χ2v) is 15.2. The molecule has 1 heterocycles. The first kappa shape index (κ1) is 41.2. The summed E-state index contributed by atoms with van der Waals surface area (Å²) in [6.07, 6.45) is 3.71. The standard InChI is InChI=1S/C46H49N3O7S/c47-40-11-7-8-12-41(40)49-44(52)14-4-2-1-3-13-43(51)48-28-36-9-5-6-10-39(36)32-19-21-35(22-20-32)46-55-37(30-57-38-25-23-34(24-26-38)45(53)54)27-42(56-46)33-17-15-31(29-50)16-18-33/h5-12,15-26,37,42,46,50H,1-4,13-14,27-30,47H2,(H,48,51)(H,49,52)(H,53,54)/t37-,42+,46+/m0/s1. The molecule has 296 valence electrons. The van der Waals surface area contributed by atoms with Gasteiger partial charge in [0, 0.05) is 42.0 Å². The van der Waals surface area contributed by atoms with Crippen LogP contribution in [0.3, 0.4) is 0 Å². The number of ether oxygens (including phenoxy) is 2. The molecule has 2 amide bonds. The van der Waals surface area contributed by atoms with Crippen LogP contribution in [0.15, 0.2) is 126 Å². The lowest BCUT2D eigenvalue weighted by Crippen LogP contribution is -2.31. The predicted octanol–water partition coefficient (Wildman–Crippen LogP) is 9.06. The highest BCUT2D eigenvalue weighted by Gasteiger charge is 2.32. The van der Waals surface area contributed by atoms with Crippen LogP contribution in [0.1, 0.15) is 90.0 Å². The summed E-state index contributed by atoms with van der Waals surface area (Å²) in [5.41, 5.74) is 13.1. The molecule has 3 atom stereocenters. The van der Waals surface area contributed by atoms with Gasteiger partial charge in [-0.25, -0.2) is 4.79 Å². The fraction of sp³-hybridized carbons (Fsp3) is 0.283. The van der Waals surface area contributed by atoms with Crippen LogP contribution in [-0.4, -0.2) is 39.9 Å². The minimum Gasteiger partial charge on any atom is -0.478 e. The lowest BCUT2D eigenvalue weighted by Gasteiger charge is -2.36. The molecule has 0 saturated carbocycles. The van der Waals surface area contributed by atoms with Gasteiger partial charge in [0.15, 0.2) is 6.29 Å². The van der Waals surface area contributed by atoms with Crippen molar-refractivity contribution in [1.29, 1.82) is 0 Å². The number of nitrogens with one attached hydrogen (secondary N) is 2. The maximum absolute atomic E-state index is 12.8. The predicted molar refractivity (Wildman–Crippen MR) is 223 cm³/mol. The van der Waals surface area contributed by atoms with E-state index in [9.17, 15) is 24.6 Å². The number of nitrogens with two attached hydrogens (primary N) is 1. The monoisotopic (exact) mass is 787 g/mol. The molecule has 0 aliphatic carbocycles. The number of carbonyl (C=O) groups is 3. The molecule has 5 aromatic carbocycles. The number of unbranched alkanes of at least 4 members (excludes halogenated alkanes) is 3. The second kappa shape index (κ2) is 20.6. The Kier molecular flexibility index (Phi) is 14.9. The largest absolute Gasteiger partial charge is 0.478 e. The Morgan fingerprint density at radius 2 is 1.40 bits per heavy atom. The molecular formula is C46H49N3O7S. The Balaban J connectivity index is 1.01. The molecule has 0 aromatic heterocycles. The lowest BCUT2D eigenvalue weighted by molar-refractivity contribution is -0.245. The van der Waals surface area contributed by atoms with Gasteiger partial charge in [-0.3, -0.25) is 9.59 Å². The Labute approximate surface area is 337 Å². The van der Waals surface area contributed by atoms with Crippen LogP contribution in [0, 0.1) is 0 Å². The van der Waals surface area contributed by atoms with Gasteiger partial charge in [-0.2, -0.15) is 0 Å². The lowest BCUT2D eigenvalue weighted by atomic mass is 9.97. The van der Waals surface area contributed by atoms with Crippen molar-refractivity contribution in [2.24, 2.45) is 0 Å². The molecule has 0 radical (unpaired) electrons. The van der Waals surface area contributed by atoms with Gasteiger partial charge in [-0.15, -0.1) is 11.8 Å². The van der Waals surface area contributed by atoms with Crippen molar-refractivity contribution in [3.8, 4) is 11.1 Å². The fourth-order valence-electron chi connectivity index (χ4n) is 6.71.